The molecule has 3 rings (SSSR count). The molecule has 100 valence electrons. The van der Waals surface area contributed by atoms with Crippen LogP contribution in [0.4, 0.5) is 15.9 Å². The maximum absolute atomic E-state index is 13.7. The molecule has 3 nitrogen and oxygen atoms in total. The molecule has 0 spiro atoms. The number of hydrogen-bond donors (Lipinski definition) is 1. The largest absolute Gasteiger partial charge is 0.340 e. The van der Waals surface area contributed by atoms with Gasteiger partial charge in [-0.25, -0.2) is 14.4 Å². The minimum Gasteiger partial charge on any atom is -0.340 e. The molecule has 0 bridgehead atoms. The quantitative estimate of drug-likeness (QED) is 0.737. The van der Waals surface area contributed by atoms with Crippen molar-refractivity contribution in [1.82, 2.24) is 9.97 Å². The van der Waals surface area contributed by atoms with Crippen molar-refractivity contribution < 1.29 is 4.39 Å². The van der Waals surface area contributed by atoms with Gasteiger partial charge in [0.25, 0.3) is 0 Å². The summed E-state index contributed by atoms with van der Waals surface area (Å²) in [4.78, 5) is 8.07. The minimum atomic E-state index is -0.387. The van der Waals surface area contributed by atoms with Crippen molar-refractivity contribution in [1.29, 1.82) is 0 Å². The fraction of sp³-hybridized carbons (Fsp3) is 0. The smallest absolute Gasteiger partial charge is 0.149 e. The summed E-state index contributed by atoms with van der Waals surface area (Å²) in [5, 5.41) is 4.58. The third kappa shape index (κ3) is 2.40. The Morgan fingerprint density at radius 3 is 2.65 bits per heavy atom. The maximum atomic E-state index is 13.7. The highest BCUT2D eigenvalue weighted by Crippen LogP contribution is 2.28. The summed E-state index contributed by atoms with van der Waals surface area (Å²) in [5.41, 5.74) is 0.980. The van der Waals surface area contributed by atoms with E-state index >= 15 is 0 Å². The van der Waals surface area contributed by atoms with Crippen LogP contribution >= 0.6 is 23.2 Å². The highest BCUT2D eigenvalue weighted by atomic mass is 35.5. The van der Waals surface area contributed by atoms with Gasteiger partial charge >= 0.3 is 0 Å². The lowest BCUT2D eigenvalue weighted by molar-refractivity contribution is 0.636. The summed E-state index contributed by atoms with van der Waals surface area (Å²) in [7, 11) is 0. The van der Waals surface area contributed by atoms with E-state index < -0.39 is 0 Å². The Kier molecular flexibility index (Phi) is 3.42. The van der Waals surface area contributed by atoms with Crippen molar-refractivity contribution in [2.75, 3.05) is 5.32 Å². The summed E-state index contributed by atoms with van der Waals surface area (Å²) in [6.45, 7) is 0. The number of rotatable bonds is 2. The lowest BCUT2D eigenvalue weighted by Crippen LogP contribution is -1.97. The van der Waals surface area contributed by atoms with Gasteiger partial charge in [0.1, 0.15) is 23.5 Å². The van der Waals surface area contributed by atoms with Gasteiger partial charge in [0.15, 0.2) is 0 Å². The van der Waals surface area contributed by atoms with Gasteiger partial charge in [0.05, 0.1) is 10.0 Å². The molecule has 1 N–H and O–H groups in total. The molecule has 0 saturated heterocycles. The zero-order valence-corrected chi connectivity index (χ0v) is 11.6. The number of fused-ring (bicyclic) bond motifs is 1. The zero-order chi connectivity index (χ0) is 14.1. The minimum absolute atomic E-state index is 0.269. The first-order chi connectivity index (χ1) is 9.65. The maximum Gasteiger partial charge on any atom is 0.149 e. The molecule has 0 saturated carbocycles. The fourth-order valence-corrected chi connectivity index (χ4v) is 2.16. The molecule has 1 aromatic heterocycles. The van der Waals surface area contributed by atoms with Gasteiger partial charge in [0.2, 0.25) is 0 Å². The zero-order valence-electron chi connectivity index (χ0n) is 10.1. The van der Waals surface area contributed by atoms with E-state index in [1.54, 1.807) is 30.3 Å². The molecule has 0 aliphatic rings. The Bertz CT molecular complexity index is 792. The van der Waals surface area contributed by atoms with Gasteiger partial charge in [-0.1, -0.05) is 29.3 Å². The molecule has 0 unspecified atom stereocenters. The third-order valence-corrected chi connectivity index (χ3v) is 3.54. The average molecular weight is 308 g/mol. The number of para-hydroxylation sites is 1. The van der Waals surface area contributed by atoms with Crippen molar-refractivity contribution in [3.63, 3.8) is 0 Å². The number of hydrogen-bond acceptors (Lipinski definition) is 3. The van der Waals surface area contributed by atoms with Crippen LogP contribution in [0.25, 0.3) is 10.9 Å². The monoisotopic (exact) mass is 307 g/mol. The molecule has 0 aliphatic heterocycles. The second-order valence-corrected chi connectivity index (χ2v) is 4.93. The molecule has 0 fully saturated rings. The number of nitrogens with one attached hydrogen (secondary N) is 1. The van der Waals surface area contributed by atoms with Crippen LogP contribution in [0.15, 0.2) is 42.7 Å². The SMILES string of the molecule is Fc1cccc2c(Nc3ccc(Cl)c(Cl)c3)ncnc12. The Morgan fingerprint density at radius 2 is 1.85 bits per heavy atom. The van der Waals surface area contributed by atoms with Crippen LogP contribution in [0.5, 0.6) is 0 Å². The van der Waals surface area contributed by atoms with Crippen LogP contribution < -0.4 is 5.32 Å². The van der Waals surface area contributed by atoms with Crippen molar-refractivity contribution in [2.24, 2.45) is 0 Å². The van der Waals surface area contributed by atoms with Crippen molar-refractivity contribution in [3.8, 4) is 0 Å². The summed E-state index contributed by atoms with van der Waals surface area (Å²) in [6, 6.07) is 9.84. The van der Waals surface area contributed by atoms with Gasteiger partial charge in [-0.3, -0.25) is 0 Å². The van der Waals surface area contributed by atoms with Crippen LogP contribution in [0.1, 0.15) is 0 Å². The van der Waals surface area contributed by atoms with E-state index in [2.05, 4.69) is 15.3 Å². The molecular weight excluding hydrogens is 300 g/mol. The highest BCUT2D eigenvalue weighted by Gasteiger charge is 2.08. The summed E-state index contributed by atoms with van der Waals surface area (Å²) >= 11 is 11.8. The average Bonchev–Trinajstić information content (AvgIpc) is 2.44. The second-order valence-electron chi connectivity index (χ2n) is 4.11. The first-order valence-corrected chi connectivity index (χ1v) is 6.52. The van der Waals surface area contributed by atoms with Gasteiger partial charge in [-0.15, -0.1) is 0 Å². The molecule has 6 heteroatoms. The standard InChI is InChI=1S/C14H8Cl2FN3/c15-10-5-4-8(6-11(10)16)20-14-9-2-1-3-12(17)13(9)18-7-19-14/h1-7H,(H,18,19,20). The fourth-order valence-electron chi connectivity index (χ4n) is 1.86. The molecule has 0 atom stereocenters. The Hall–Kier alpha value is -1.91. The highest BCUT2D eigenvalue weighted by molar-refractivity contribution is 6.42. The first-order valence-electron chi connectivity index (χ1n) is 5.76. The first kappa shape index (κ1) is 13.1. The van der Waals surface area contributed by atoms with Gasteiger partial charge < -0.3 is 5.32 Å². The molecule has 2 aromatic carbocycles. The van der Waals surface area contributed by atoms with E-state index in [-0.39, 0.29) is 11.3 Å². The lowest BCUT2D eigenvalue weighted by Gasteiger charge is -2.09. The predicted molar refractivity (Wildman–Crippen MR) is 79.2 cm³/mol. The van der Waals surface area contributed by atoms with Crippen LogP contribution in [-0.2, 0) is 0 Å². The molecule has 1 heterocycles. The molecule has 0 amide bonds. The van der Waals surface area contributed by atoms with E-state index in [4.69, 9.17) is 23.2 Å². The van der Waals surface area contributed by atoms with Crippen LogP contribution in [0.2, 0.25) is 10.0 Å². The summed E-state index contributed by atoms with van der Waals surface area (Å²) < 4.78 is 13.7. The summed E-state index contributed by atoms with van der Waals surface area (Å²) in [5.74, 6) is 0.120. The normalized spacial score (nSPS) is 10.8. The predicted octanol–water partition coefficient (Wildman–Crippen LogP) is 4.82. The second kappa shape index (κ2) is 5.23. The number of aromatic nitrogens is 2. The van der Waals surface area contributed by atoms with E-state index in [0.29, 0.717) is 26.9 Å². The Morgan fingerprint density at radius 1 is 1.00 bits per heavy atom. The summed E-state index contributed by atoms with van der Waals surface area (Å²) in [6.07, 6.45) is 1.31. The molecule has 0 radical (unpaired) electrons. The van der Waals surface area contributed by atoms with Crippen LogP contribution in [0, 0.1) is 5.82 Å². The van der Waals surface area contributed by atoms with E-state index in [1.807, 2.05) is 0 Å². The Labute approximate surface area is 124 Å². The topological polar surface area (TPSA) is 37.8 Å². The van der Waals surface area contributed by atoms with E-state index in [0.717, 1.165) is 0 Å². The van der Waals surface area contributed by atoms with Gasteiger partial charge in [0, 0.05) is 11.1 Å². The van der Waals surface area contributed by atoms with Crippen molar-refractivity contribution in [2.45, 2.75) is 0 Å². The molecule has 20 heavy (non-hydrogen) atoms. The van der Waals surface area contributed by atoms with Gasteiger partial charge in [-0.05, 0) is 30.3 Å². The van der Waals surface area contributed by atoms with E-state index in [1.165, 1.54) is 12.4 Å². The number of halogens is 3. The van der Waals surface area contributed by atoms with E-state index in [9.17, 15) is 4.39 Å². The van der Waals surface area contributed by atoms with Crippen molar-refractivity contribution in [3.05, 3.63) is 58.6 Å². The lowest BCUT2D eigenvalue weighted by atomic mass is 10.2. The van der Waals surface area contributed by atoms with Crippen molar-refractivity contribution >= 4 is 45.6 Å². The number of anilines is 2. The third-order valence-electron chi connectivity index (χ3n) is 2.80. The molecule has 0 aliphatic carbocycles. The van der Waals surface area contributed by atoms with Crippen LogP contribution in [-0.4, -0.2) is 9.97 Å². The van der Waals surface area contributed by atoms with Gasteiger partial charge in [-0.2, -0.15) is 0 Å². The Balaban J connectivity index is 2.06. The molecule has 3 aromatic rings. The van der Waals surface area contributed by atoms with Crippen LogP contribution in [0.3, 0.4) is 0 Å². The number of nitrogens with zero attached hydrogens (tertiary/aromatic N) is 2. The number of benzene rings is 2. The molecular formula is C14H8Cl2FN3.